The van der Waals surface area contributed by atoms with E-state index in [1.54, 1.807) is 12.1 Å². The first-order valence-corrected chi connectivity index (χ1v) is 7.18. The molecule has 0 bridgehead atoms. The summed E-state index contributed by atoms with van der Waals surface area (Å²) in [5, 5.41) is 14.4. The molecule has 0 saturated heterocycles. The van der Waals surface area contributed by atoms with Gasteiger partial charge in [-0.1, -0.05) is 24.2 Å². The van der Waals surface area contributed by atoms with Gasteiger partial charge in [0.1, 0.15) is 0 Å². The van der Waals surface area contributed by atoms with Gasteiger partial charge in [0.15, 0.2) is 15.7 Å². The first-order chi connectivity index (χ1) is 8.51. The maximum atomic E-state index is 12.0. The Kier molecular flexibility index (Phi) is 5.11. The summed E-state index contributed by atoms with van der Waals surface area (Å²) in [5.41, 5.74) is 5.80. The topological polar surface area (TPSA) is 105 Å². The van der Waals surface area contributed by atoms with Crippen LogP contribution in [-0.2, 0) is 9.84 Å². The van der Waals surface area contributed by atoms with Crippen LogP contribution in [0.1, 0.15) is 12.5 Å². The van der Waals surface area contributed by atoms with Crippen molar-refractivity contribution in [2.24, 2.45) is 10.9 Å². The highest BCUT2D eigenvalue weighted by Gasteiger charge is 2.14. The highest BCUT2D eigenvalue weighted by molar-refractivity contribution is 7.91. The summed E-state index contributed by atoms with van der Waals surface area (Å²) in [6, 6.07) is 6.04. The average Bonchev–Trinajstić information content (AvgIpc) is 2.38. The Balaban J connectivity index is 2.95. The lowest BCUT2D eigenvalue weighted by Gasteiger charge is -2.06. The summed E-state index contributed by atoms with van der Waals surface area (Å²) >= 11 is 0. The highest BCUT2D eigenvalue weighted by Crippen LogP contribution is 2.13. The number of hydrogen-bond acceptors (Lipinski definition) is 5. The van der Waals surface area contributed by atoms with E-state index in [1.165, 1.54) is 12.1 Å². The second-order valence-corrected chi connectivity index (χ2v) is 5.79. The number of rotatable bonds is 6. The molecular formula is C11H17N3O3S. The molecule has 0 radical (unpaired) electrons. The van der Waals surface area contributed by atoms with Gasteiger partial charge < -0.3 is 16.3 Å². The zero-order valence-corrected chi connectivity index (χ0v) is 10.9. The van der Waals surface area contributed by atoms with Crippen LogP contribution in [0.5, 0.6) is 0 Å². The number of sulfone groups is 1. The lowest BCUT2D eigenvalue weighted by molar-refractivity contribution is 0.318. The van der Waals surface area contributed by atoms with E-state index in [1.807, 2.05) is 6.92 Å². The third kappa shape index (κ3) is 3.71. The van der Waals surface area contributed by atoms with E-state index in [0.29, 0.717) is 12.1 Å². The summed E-state index contributed by atoms with van der Waals surface area (Å²) in [5.74, 6) is -0.0979. The fourth-order valence-electron chi connectivity index (χ4n) is 1.41. The molecule has 0 fully saturated rings. The lowest BCUT2D eigenvalue weighted by atomic mass is 10.2. The van der Waals surface area contributed by atoms with Crippen LogP contribution in [-0.4, -0.2) is 38.3 Å². The second-order valence-electron chi connectivity index (χ2n) is 3.69. The second kappa shape index (κ2) is 6.36. The van der Waals surface area contributed by atoms with Crippen molar-refractivity contribution < 1.29 is 13.6 Å². The van der Waals surface area contributed by atoms with Crippen molar-refractivity contribution in [2.45, 2.75) is 11.8 Å². The average molecular weight is 271 g/mol. The molecule has 0 saturated carbocycles. The number of nitrogens with one attached hydrogen (secondary N) is 1. The molecule has 0 aliphatic heterocycles. The van der Waals surface area contributed by atoms with Gasteiger partial charge in [0, 0.05) is 12.1 Å². The van der Waals surface area contributed by atoms with Crippen molar-refractivity contribution in [2.75, 3.05) is 18.8 Å². The predicted octanol–water partition coefficient (Wildman–Crippen LogP) is 0.164. The summed E-state index contributed by atoms with van der Waals surface area (Å²) in [6.07, 6.45) is 0. The Labute approximate surface area is 106 Å². The standard InChI is InChI=1S/C11H17N3O3S/c1-2-13-6-7-18(16,17)10-5-3-4-9(8-10)11(12)14-15/h3-5,8,13,15H,2,6-7H2,1H3,(H2,12,14). The molecule has 0 heterocycles. The normalized spacial score (nSPS) is 12.6. The smallest absolute Gasteiger partial charge is 0.179 e. The number of nitrogens with zero attached hydrogens (tertiary/aromatic N) is 1. The third-order valence-electron chi connectivity index (χ3n) is 2.39. The number of oxime groups is 1. The molecule has 1 rings (SSSR count). The Morgan fingerprint density at radius 3 is 2.83 bits per heavy atom. The van der Waals surface area contributed by atoms with Gasteiger partial charge in [-0.3, -0.25) is 0 Å². The number of amidine groups is 1. The zero-order chi connectivity index (χ0) is 13.6. The molecule has 0 aromatic heterocycles. The van der Waals surface area contributed by atoms with Crippen molar-refractivity contribution in [3.05, 3.63) is 29.8 Å². The minimum absolute atomic E-state index is 0.0144. The van der Waals surface area contributed by atoms with Gasteiger partial charge in [-0.15, -0.1) is 0 Å². The maximum absolute atomic E-state index is 12.0. The minimum atomic E-state index is -3.35. The fraction of sp³-hybridized carbons (Fsp3) is 0.364. The van der Waals surface area contributed by atoms with Crippen molar-refractivity contribution in [1.29, 1.82) is 0 Å². The van der Waals surface area contributed by atoms with Gasteiger partial charge in [-0.2, -0.15) is 0 Å². The van der Waals surface area contributed by atoms with Gasteiger partial charge in [0.2, 0.25) is 0 Å². The SMILES string of the molecule is CCNCCS(=O)(=O)c1cccc(/C(N)=N/O)c1. The molecule has 7 heteroatoms. The highest BCUT2D eigenvalue weighted by atomic mass is 32.2. The number of nitrogens with two attached hydrogens (primary N) is 1. The Hall–Kier alpha value is -1.60. The molecule has 0 amide bonds. The predicted molar refractivity (Wildman–Crippen MR) is 69.5 cm³/mol. The summed E-state index contributed by atoms with van der Waals surface area (Å²) in [7, 11) is -3.35. The third-order valence-corrected chi connectivity index (χ3v) is 4.11. The molecule has 1 aromatic rings. The number of benzene rings is 1. The molecule has 0 aliphatic rings. The summed E-state index contributed by atoms with van der Waals surface area (Å²) in [6.45, 7) is 3.03. The van der Waals surface area contributed by atoms with Crippen LogP contribution in [0.2, 0.25) is 0 Å². The first kappa shape index (κ1) is 14.5. The van der Waals surface area contributed by atoms with E-state index in [-0.39, 0.29) is 16.5 Å². The number of hydrogen-bond donors (Lipinski definition) is 3. The van der Waals surface area contributed by atoms with Crippen molar-refractivity contribution >= 4 is 15.7 Å². The molecule has 0 unspecified atom stereocenters. The van der Waals surface area contributed by atoms with E-state index < -0.39 is 9.84 Å². The molecule has 18 heavy (non-hydrogen) atoms. The van der Waals surface area contributed by atoms with Gasteiger partial charge in [-0.05, 0) is 18.7 Å². The quantitative estimate of drug-likeness (QED) is 0.225. The fourth-order valence-corrected chi connectivity index (χ4v) is 2.65. The zero-order valence-electron chi connectivity index (χ0n) is 10.1. The molecule has 100 valence electrons. The van der Waals surface area contributed by atoms with Crippen LogP contribution in [0.25, 0.3) is 0 Å². The summed E-state index contributed by atoms with van der Waals surface area (Å²) < 4.78 is 24.0. The van der Waals surface area contributed by atoms with Crippen LogP contribution in [0.15, 0.2) is 34.3 Å². The van der Waals surface area contributed by atoms with Crippen LogP contribution in [0.3, 0.4) is 0 Å². The lowest BCUT2D eigenvalue weighted by Crippen LogP contribution is -2.23. The summed E-state index contributed by atoms with van der Waals surface area (Å²) in [4.78, 5) is 0.171. The maximum Gasteiger partial charge on any atom is 0.179 e. The van der Waals surface area contributed by atoms with Crippen LogP contribution < -0.4 is 11.1 Å². The van der Waals surface area contributed by atoms with E-state index in [2.05, 4.69) is 10.5 Å². The van der Waals surface area contributed by atoms with Gasteiger partial charge in [0.05, 0.1) is 10.6 Å². The largest absolute Gasteiger partial charge is 0.409 e. The van der Waals surface area contributed by atoms with Crippen molar-refractivity contribution in [1.82, 2.24) is 5.32 Å². The van der Waals surface area contributed by atoms with E-state index in [9.17, 15) is 8.42 Å². The van der Waals surface area contributed by atoms with E-state index in [4.69, 9.17) is 10.9 Å². The molecular weight excluding hydrogens is 254 g/mol. The van der Waals surface area contributed by atoms with Gasteiger partial charge in [-0.25, -0.2) is 8.42 Å². The Bertz CT molecular complexity index is 526. The Morgan fingerprint density at radius 2 is 2.22 bits per heavy atom. The van der Waals surface area contributed by atoms with Gasteiger partial charge >= 0.3 is 0 Å². The Morgan fingerprint density at radius 1 is 1.50 bits per heavy atom. The van der Waals surface area contributed by atoms with Crippen LogP contribution in [0.4, 0.5) is 0 Å². The van der Waals surface area contributed by atoms with Crippen molar-refractivity contribution in [3.63, 3.8) is 0 Å². The van der Waals surface area contributed by atoms with Crippen LogP contribution >= 0.6 is 0 Å². The van der Waals surface area contributed by atoms with Crippen LogP contribution in [0, 0.1) is 0 Å². The van der Waals surface area contributed by atoms with E-state index in [0.717, 1.165) is 6.54 Å². The molecule has 0 atom stereocenters. The van der Waals surface area contributed by atoms with E-state index >= 15 is 0 Å². The van der Waals surface area contributed by atoms with Gasteiger partial charge in [0.25, 0.3) is 0 Å². The minimum Gasteiger partial charge on any atom is -0.409 e. The molecule has 4 N–H and O–H groups in total. The molecule has 1 aromatic carbocycles. The monoisotopic (exact) mass is 271 g/mol. The molecule has 0 aliphatic carbocycles. The molecule has 6 nitrogen and oxygen atoms in total. The molecule has 0 spiro atoms. The van der Waals surface area contributed by atoms with Crippen molar-refractivity contribution in [3.8, 4) is 0 Å². The first-order valence-electron chi connectivity index (χ1n) is 5.52.